The molecule has 0 heterocycles. The summed E-state index contributed by atoms with van der Waals surface area (Å²) in [6, 6.07) is 0.244. The summed E-state index contributed by atoms with van der Waals surface area (Å²) in [6.45, 7) is 7.54. The Hall–Kier alpha value is -0.830. The molecule has 0 aliphatic carbocycles. The molecule has 12 heavy (non-hydrogen) atoms. The molecule has 3 nitrogen and oxygen atoms in total. The number of rotatable bonds is 4. The van der Waals surface area contributed by atoms with Crippen molar-refractivity contribution in [2.24, 2.45) is 0 Å². The van der Waals surface area contributed by atoms with Crippen molar-refractivity contribution >= 4 is 5.97 Å². The molecule has 1 atom stereocenters. The molecule has 0 N–H and O–H groups in total. The van der Waals surface area contributed by atoms with E-state index in [0.717, 1.165) is 0 Å². The summed E-state index contributed by atoms with van der Waals surface area (Å²) in [5.74, 6) is -0.316. The first-order chi connectivity index (χ1) is 5.45. The first-order valence-electron chi connectivity index (χ1n) is 3.94. The van der Waals surface area contributed by atoms with Gasteiger partial charge < -0.3 is 9.64 Å². The first-order valence-corrected chi connectivity index (χ1v) is 3.94. The van der Waals surface area contributed by atoms with Gasteiger partial charge >= 0.3 is 5.97 Å². The molecule has 0 bridgehead atoms. The third-order valence-corrected chi connectivity index (χ3v) is 1.69. The van der Waals surface area contributed by atoms with Crippen molar-refractivity contribution in [3.8, 4) is 0 Å². The van der Waals surface area contributed by atoms with Gasteiger partial charge in [0.05, 0.1) is 0 Å². The van der Waals surface area contributed by atoms with Crippen LogP contribution in [0.5, 0.6) is 0 Å². The molecule has 0 aliphatic rings. The quantitative estimate of drug-likeness (QED) is 0.468. The monoisotopic (exact) mass is 171 g/mol. The minimum absolute atomic E-state index is 0.244. The van der Waals surface area contributed by atoms with Crippen molar-refractivity contribution in [2.75, 3.05) is 20.7 Å². The second-order valence-electron chi connectivity index (χ2n) is 3.19. The van der Waals surface area contributed by atoms with E-state index in [-0.39, 0.29) is 12.0 Å². The summed E-state index contributed by atoms with van der Waals surface area (Å²) >= 11 is 0. The Balaban J connectivity index is 3.69. The molecule has 1 unspecified atom stereocenters. The highest BCUT2D eigenvalue weighted by atomic mass is 16.5. The summed E-state index contributed by atoms with van der Waals surface area (Å²) < 4.78 is 4.95. The molecule has 0 spiro atoms. The maximum atomic E-state index is 10.9. The Labute approximate surface area is 74.0 Å². The van der Waals surface area contributed by atoms with E-state index in [1.54, 1.807) is 6.92 Å². The zero-order valence-corrected chi connectivity index (χ0v) is 8.26. The largest absolute Gasteiger partial charge is 0.461 e. The minimum Gasteiger partial charge on any atom is -0.461 e. The smallest absolute Gasteiger partial charge is 0.333 e. The predicted molar refractivity (Wildman–Crippen MR) is 48.9 cm³/mol. The van der Waals surface area contributed by atoms with Crippen LogP contribution in [-0.4, -0.2) is 37.6 Å². The van der Waals surface area contributed by atoms with E-state index >= 15 is 0 Å². The summed E-state index contributed by atoms with van der Waals surface area (Å²) in [6.07, 6.45) is 0. The van der Waals surface area contributed by atoms with Gasteiger partial charge in [-0.15, -0.1) is 0 Å². The average Bonchev–Trinajstić information content (AvgIpc) is 1.98. The van der Waals surface area contributed by atoms with Crippen LogP contribution in [0.4, 0.5) is 0 Å². The second kappa shape index (κ2) is 4.93. The van der Waals surface area contributed by atoms with Crippen LogP contribution in [0.15, 0.2) is 12.2 Å². The van der Waals surface area contributed by atoms with Crippen LogP contribution < -0.4 is 0 Å². The highest BCUT2D eigenvalue weighted by Gasteiger charge is 2.08. The molecule has 0 aromatic carbocycles. The van der Waals surface area contributed by atoms with E-state index in [1.165, 1.54) is 0 Å². The molecule has 0 aromatic heterocycles. The van der Waals surface area contributed by atoms with Gasteiger partial charge in [-0.05, 0) is 27.9 Å². The lowest BCUT2D eigenvalue weighted by Gasteiger charge is -2.19. The fourth-order valence-corrected chi connectivity index (χ4v) is 0.469. The van der Waals surface area contributed by atoms with E-state index in [2.05, 4.69) is 6.58 Å². The summed E-state index contributed by atoms with van der Waals surface area (Å²) in [7, 11) is 3.89. The predicted octanol–water partition coefficient (Wildman–Crippen LogP) is 1.06. The molecule has 3 heteroatoms. The van der Waals surface area contributed by atoms with E-state index in [0.29, 0.717) is 12.2 Å². The van der Waals surface area contributed by atoms with Gasteiger partial charge in [-0.3, -0.25) is 0 Å². The molecule has 0 aromatic rings. The van der Waals surface area contributed by atoms with Crippen molar-refractivity contribution in [2.45, 2.75) is 19.9 Å². The lowest BCUT2D eigenvalue weighted by Crippen LogP contribution is -2.30. The normalized spacial score (nSPS) is 12.8. The van der Waals surface area contributed by atoms with Gasteiger partial charge in [0.25, 0.3) is 0 Å². The van der Waals surface area contributed by atoms with Gasteiger partial charge in [-0.2, -0.15) is 0 Å². The van der Waals surface area contributed by atoms with E-state index in [1.807, 2.05) is 25.9 Å². The SMILES string of the molecule is C=C(C)C(=O)OCC(C)N(C)C. The second-order valence-corrected chi connectivity index (χ2v) is 3.19. The summed E-state index contributed by atoms with van der Waals surface area (Å²) in [5, 5.41) is 0. The van der Waals surface area contributed by atoms with Crippen LogP contribution in [-0.2, 0) is 9.53 Å². The zero-order valence-electron chi connectivity index (χ0n) is 8.26. The number of carbonyl (C=O) groups is 1. The Bertz CT molecular complexity index is 175. The van der Waals surface area contributed by atoms with E-state index in [9.17, 15) is 4.79 Å². The van der Waals surface area contributed by atoms with E-state index in [4.69, 9.17) is 4.74 Å². The minimum atomic E-state index is -0.316. The first kappa shape index (κ1) is 11.2. The summed E-state index contributed by atoms with van der Waals surface area (Å²) in [4.78, 5) is 12.9. The van der Waals surface area contributed by atoms with Gasteiger partial charge in [0.15, 0.2) is 0 Å². The highest BCUT2D eigenvalue weighted by Crippen LogP contribution is 1.96. The third kappa shape index (κ3) is 4.13. The molecule has 0 aliphatic heterocycles. The van der Waals surface area contributed by atoms with E-state index < -0.39 is 0 Å². The molecule has 0 saturated heterocycles. The zero-order chi connectivity index (χ0) is 9.72. The molecule has 0 amide bonds. The molecule has 0 saturated carbocycles. The number of carbonyl (C=O) groups excluding carboxylic acids is 1. The number of nitrogens with zero attached hydrogens (tertiary/aromatic N) is 1. The van der Waals surface area contributed by atoms with Crippen molar-refractivity contribution in [1.82, 2.24) is 4.90 Å². The molecular formula is C9H17NO2. The van der Waals surface area contributed by atoms with Crippen LogP contribution in [0.25, 0.3) is 0 Å². The lowest BCUT2D eigenvalue weighted by molar-refractivity contribution is -0.140. The summed E-state index contributed by atoms with van der Waals surface area (Å²) in [5.41, 5.74) is 0.445. The van der Waals surface area contributed by atoms with Crippen molar-refractivity contribution in [1.29, 1.82) is 0 Å². The van der Waals surface area contributed by atoms with Gasteiger partial charge in [0.1, 0.15) is 6.61 Å². The standard InChI is InChI=1S/C9H17NO2/c1-7(2)9(11)12-6-8(3)10(4)5/h8H,1,6H2,2-5H3. The van der Waals surface area contributed by atoms with Crippen LogP contribution in [0, 0.1) is 0 Å². The fourth-order valence-electron chi connectivity index (χ4n) is 0.469. The Kier molecular flexibility index (Phi) is 4.59. The maximum absolute atomic E-state index is 10.9. The number of likely N-dealkylation sites (N-methyl/N-ethyl adjacent to an activating group) is 1. The molecule has 0 radical (unpaired) electrons. The topological polar surface area (TPSA) is 29.5 Å². The lowest BCUT2D eigenvalue weighted by atomic mass is 10.3. The van der Waals surface area contributed by atoms with Crippen molar-refractivity contribution in [3.05, 3.63) is 12.2 Å². The Morgan fingerprint density at radius 2 is 2.08 bits per heavy atom. The Morgan fingerprint density at radius 3 is 2.42 bits per heavy atom. The molecule has 70 valence electrons. The van der Waals surface area contributed by atoms with Crippen molar-refractivity contribution in [3.63, 3.8) is 0 Å². The molecular weight excluding hydrogens is 154 g/mol. The van der Waals surface area contributed by atoms with Gasteiger partial charge in [0, 0.05) is 11.6 Å². The number of hydrogen-bond acceptors (Lipinski definition) is 3. The Morgan fingerprint density at radius 1 is 1.58 bits per heavy atom. The van der Waals surface area contributed by atoms with Crippen LogP contribution in [0.1, 0.15) is 13.8 Å². The third-order valence-electron chi connectivity index (χ3n) is 1.69. The van der Waals surface area contributed by atoms with Crippen molar-refractivity contribution < 1.29 is 9.53 Å². The maximum Gasteiger partial charge on any atom is 0.333 e. The molecule has 0 fully saturated rings. The average molecular weight is 171 g/mol. The van der Waals surface area contributed by atoms with Crippen LogP contribution in [0.3, 0.4) is 0 Å². The fraction of sp³-hybridized carbons (Fsp3) is 0.667. The molecule has 0 rings (SSSR count). The van der Waals surface area contributed by atoms with Crippen LogP contribution >= 0.6 is 0 Å². The highest BCUT2D eigenvalue weighted by molar-refractivity contribution is 5.86. The van der Waals surface area contributed by atoms with Gasteiger partial charge in [-0.25, -0.2) is 4.79 Å². The number of hydrogen-bond donors (Lipinski definition) is 0. The van der Waals surface area contributed by atoms with Gasteiger partial charge in [0.2, 0.25) is 0 Å². The number of ether oxygens (including phenoxy) is 1. The number of esters is 1. The van der Waals surface area contributed by atoms with Gasteiger partial charge in [-0.1, -0.05) is 6.58 Å². The van der Waals surface area contributed by atoms with Crippen LogP contribution in [0.2, 0.25) is 0 Å².